The van der Waals surface area contributed by atoms with Crippen molar-refractivity contribution in [2.45, 2.75) is 63.4 Å². The maximum absolute atomic E-state index is 13.1. The number of ketones is 1. The van der Waals surface area contributed by atoms with Gasteiger partial charge >= 0.3 is 6.09 Å². The van der Waals surface area contributed by atoms with E-state index in [0.29, 0.717) is 0 Å². The van der Waals surface area contributed by atoms with E-state index in [1.807, 2.05) is 30.3 Å². The Balaban J connectivity index is 1.71. The molecule has 26 heavy (non-hydrogen) atoms. The van der Waals surface area contributed by atoms with E-state index in [9.17, 15) is 9.59 Å². The summed E-state index contributed by atoms with van der Waals surface area (Å²) in [4.78, 5) is 27.3. The molecule has 1 aromatic rings. The number of carbonyl (C=O) groups excluding carboxylic acids is 2. The zero-order valence-corrected chi connectivity index (χ0v) is 15.3. The lowest BCUT2D eigenvalue weighted by molar-refractivity contribution is -0.292. The molecule has 0 spiro atoms. The number of benzene rings is 1. The highest BCUT2D eigenvalue weighted by atomic mass is 16.6. The van der Waals surface area contributed by atoms with Crippen LogP contribution in [0.3, 0.4) is 0 Å². The molecule has 5 nitrogen and oxygen atoms in total. The van der Waals surface area contributed by atoms with Crippen molar-refractivity contribution in [3.63, 3.8) is 0 Å². The van der Waals surface area contributed by atoms with Crippen molar-refractivity contribution in [2.75, 3.05) is 4.90 Å². The van der Waals surface area contributed by atoms with Crippen molar-refractivity contribution >= 4 is 17.6 Å². The van der Waals surface area contributed by atoms with Crippen molar-refractivity contribution in [1.29, 1.82) is 0 Å². The fraction of sp³-hybridized carbons (Fsp3) is 0.619. The average Bonchev–Trinajstić information content (AvgIpc) is 2.93. The molecule has 3 saturated carbocycles. The third kappa shape index (κ3) is 1.80. The molecule has 2 aliphatic heterocycles. The van der Waals surface area contributed by atoms with E-state index in [1.54, 1.807) is 11.8 Å². The summed E-state index contributed by atoms with van der Waals surface area (Å²) in [5.41, 5.74) is -0.664. The normalized spacial score (nSPS) is 43.6. The molecule has 0 aromatic heterocycles. The highest BCUT2D eigenvalue weighted by molar-refractivity contribution is 5.93. The molecule has 1 unspecified atom stereocenters. The molecule has 5 heteroatoms. The van der Waals surface area contributed by atoms with Gasteiger partial charge in [-0.25, -0.2) is 9.69 Å². The van der Waals surface area contributed by atoms with E-state index in [4.69, 9.17) is 9.47 Å². The largest absolute Gasteiger partial charge is 0.437 e. The first-order valence-electron chi connectivity index (χ1n) is 9.76. The van der Waals surface area contributed by atoms with Gasteiger partial charge in [0.2, 0.25) is 0 Å². The summed E-state index contributed by atoms with van der Waals surface area (Å²) in [5, 5.41) is 0. The molecule has 138 valence electrons. The molecule has 6 atom stereocenters. The van der Waals surface area contributed by atoms with Gasteiger partial charge in [0, 0.05) is 17.8 Å². The van der Waals surface area contributed by atoms with E-state index < -0.39 is 11.3 Å². The quantitative estimate of drug-likeness (QED) is 0.807. The van der Waals surface area contributed by atoms with Crippen LogP contribution >= 0.6 is 0 Å². The second-order valence-corrected chi connectivity index (χ2v) is 8.43. The van der Waals surface area contributed by atoms with E-state index >= 15 is 0 Å². The second-order valence-electron chi connectivity index (χ2n) is 8.43. The molecule has 6 rings (SSSR count). The van der Waals surface area contributed by atoms with E-state index in [-0.39, 0.29) is 35.7 Å². The van der Waals surface area contributed by atoms with Crippen molar-refractivity contribution in [2.24, 2.45) is 17.8 Å². The lowest BCUT2D eigenvalue weighted by Gasteiger charge is -2.64. The molecule has 5 fully saturated rings. The smallest absolute Gasteiger partial charge is 0.417 e. The van der Waals surface area contributed by atoms with Gasteiger partial charge in [-0.2, -0.15) is 0 Å². The summed E-state index contributed by atoms with van der Waals surface area (Å²) < 4.78 is 12.8. The topological polar surface area (TPSA) is 55.8 Å². The highest BCUT2D eigenvalue weighted by Gasteiger charge is 2.79. The predicted molar refractivity (Wildman–Crippen MR) is 95.6 cm³/mol. The molecular formula is C21H25NO4. The Hall–Kier alpha value is -1.88. The highest BCUT2D eigenvalue weighted by Crippen LogP contribution is 2.67. The minimum absolute atomic E-state index is 0.0256. The van der Waals surface area contributed by atoms with Crippen LogP contribution in [-0.2, 0) is 14.3 Å². The Morgan fingerprint density at radius 3 is 2.69 bits per heavy atom. The summed E-state index contributed by atoms with van der Waals surface area (Å²) in [7, 11) is 0. The number of hydrogen-bond donors (Lipinski definition) is 0. The number of carbonyl (C=O) groups is 2. The number of rotatable bonds is 2. The molecule has 2 bridgehead atoms. The fourth-order valence-electron chi connectivity index (χ4n) is 6.32. The monoisotopic (exact) mass is 355 g/mol. The van der Waals surface area contributed by atoms with E-state index in [0.717, 1.165) is 37.8 Å². The zero-order chi connectivity index (χ0) is 18.1. The molecule has 0 N–H and O–H groups in total. The van der Waals surface area contributed by atoms with Crippen LogP contribution in [-0.4, -0.2) is 29.3 Å². The first-order valence-corrected chi connectivity index (χ1v) is 9.76. The Bertz CT molecular complexity index is 765. The molecule has 3 aliphatic carbocycles. The fourth-order valence-corrected chi connectivity index (χ4v) is 6.32. The van der Waals surface area contributed by atoms with Gasteiger partial charge in [-0.1, -0.05) is 18.2 Å². The molecule has 2 saturated heterocycles. The number of nitrogens with zero attached hydrogens (tertiary/aromatic N) is 1. The van der Waals surface area contributed by atoms with E-state index in [2.05, 4.69) is 6.92 Å². The van der Waals surface area contributed by atoms with Gasteiger partial charge in [0.1, 0.15) is 5.78 Å². The molecule has 1 amide bonds. The maximum Gasteiger partial charge on any atom is 0.417 e. The molecule has 1 aromatic carbocycles. The van der Waals surface area contributed by atoms with Gasteiger partial charge < -0.3 is 9.47 Å². The van der Waals surface area contributed by atoms with Crippen LogP contribution in [0.5, 0.6) is 0 Å². The van der Waals surface area contributed by atoms with Crippen molar-refractivity contribution in [3.8, 4) is 0 Å². The first kappa shape index (κ1) is 16.3. The number of anilines is 1. The second kappa shape index (κ2) is 5.32. The third-order valence-electron chi connectivity index (χ3n) is 7.23. The van der Waals surface area contributed by atoms with Crippen molar-refractivity contribution in [3.05, 3.63) is 30.3 Å². The van der Waals surface area contributed by atoms with Crippen LogP contribution in [0.4, 0.5) is 10.5 Å². The summed E-state index contributed by atoms with van der Waals surface area (Å²) in [5.74, 6) is 0.365. The predicted octanol–water partition coefficient (Wildman–Crippen LogP) is 3.91. The first-order chi connectivity index (χ1) is 12.5. The van der Waals surface area contributed by atoms with Crippen LogP contribution < -0.4 is 4.90 Å². The van der Waals surface area contributed by atoms with Gasteiger partial charge in [-0.3, -0.25) is 4.79 Å². The summed E-state index contributed by atoms with van der Waals surface area (Å²) in [6.07, 6.45) is 4.06. The molecule has 2 heterocycles. The number of amides is 1. The summed E-state index contributed by atoms with van der Waals surface area (Å²) in [6, 6.07) is 9.70. The lowest BCUT2D eigenvalue weighted by Crippen LogP contribution is -2.76. The lowest BCUT2D eigenvalue weighted by atomic mass is 9.50. The molecular weight excluding hydrogens is 330 g/mol. The van der Waals surface area contributed by atoms with Crippen LogP contribution in [0.25, 0.3) is 0 Å². The van der Waals surface area contributed by atoms with Crippen LogP contribution in [0.1, 0.15) is 46.0 Å². The van der Waals surface area contributed by atoms with E-state index in [1.165, 1.54) is 0 Å². The Labute approximate surface area is 153 Å². The minimum Gasteiger partial charge on any atom is -0.437 e. The standard InChI is InChI=1S/C21H25NO4/c1-13-10-11-20-18-9-8-15(12-17(18)14(2)23)21(20,25-13)22(19(24)26-20)16-6-4-3-5-7-16/h3-7,13,15,17-18H,8-12H2,1-2H3/t13?,15-,17+,18+,20-,21-/m0/s1. The Morgan fingerprint density at radius 1 is 1.19 bits per heavy atom. The average molecular weight is 355 g/mol. The van der Waals surface area contributed by atoms with Gasteiger partial charge in [-0.05, 0) is 58.1 Å². The number of Topliss-reactive ketones (excluding diaryl/α,β-unsaturated/α-hetero) is 1. The number of fused-ring (bicyclic) bond motifs is 2. The number of ether oxygens (including phenoxy) is 2. The SMILES string of the molecule is CC(=O)[C@H]1C[C@@H]2CC[C@H]1[C@@]13CCC(C)O[C@@]21N(c1ccccc1)C(=O)O3. The van der Waals surface area contributed by atoms with Crippen LogP contribution in [0, 0.1) is 17.8 Å². The van der Waals surface area contributed by atoms with Crippen LogP contribution in [0.15, 0.2) is 30.3 Å². The van der Waals surface area contributed by atoms with Crippen molar-refractivity contribution < 1.29 is 19.1 Å². The summed E-state index contributed by atoms with van der Waals surface area (Å²) in [6.45, 7) is 3.76. The van der Waals surface area contributed by atoms with Crippen LogP contribution in [0.2, 0.25) is 0 Å². The van der Waals surface area contributed by atoms with Gasteiger partial charge in [0.15, 0.2) is 11.3 Å². The minimum atomic E-state index is -0.780. The van der Waals surface area contributed by atoms with Gasteiger partial charge in [0.25, 0.3) is 0 Å². The Kier molecular flexibility index (Phi) is 3.34. The molecule has 5 aliphatic rings. The van der Waals surface area contributed by atoms with Gasteiger partial charge in [-0.15, -0.1) is 0 Å². The zero-order valence-electron chi connectivity index (χ0n) is 15.3. The van der Waals surface area contributed by atoms with Gasteiger partial charge in [0.05, 0.1) is 11.8 Å². The van der Waals surface area contributed by atoms with Crippen molar-refractivity contribution in [1.82, 2.24) is 0 Å². The third-order valence-corrected chi connectivity index (χ3v) is 7.23. The maximum atomic E-state index is 13.1. The number of para-hydroxylation sites is 1. The summed E-state index contributed by atoms with van der Waals surface area (Å²) >= 11 is 0. The number of hydrogen-bond acceptors (Lipinski definition) is 4. The Morgan fingerprint density at radius 2 is 1.96 bits per heavy atom. The molecule has 0 radical (unpaired) electrons.